The van der Waals surface area contributed by atoms with Crippen molar-refractivity contribution in [2.24, 2.45) is 0 Å². The van der Waals surface area contributed by atoms with Crippen LogP contribution in [0.3, 0.4) is 0 Å². The monoisotopic (exact) mass is 241 g/mol. The van der Waals surface area contributed by atoms with Gasteiger partial charge in [-0.25, -0.2) is 0 Å². The molecule has 1 aliphatic carbocycles. The summed E-state index contributed by atoms with van der Waals surface area (Å²) in [5, 5.41) is 13.3. The highest BCUT2D eigenvalue weighted by Gasteiger charge is 2.21. The van der Waals surface area contributed by atoms with Crippen molar-refractivity contribution in [3.05, 3.63) is 0 Å². The fourth-order valence-electron chi connectivity index (χ4n) is 2.72. The number of aliphatic hydroxyl groups excluding tert-OH is 1. The number of hydrogen-bond donors (Lipinski definition) is 2. The van der Waals surface area contributed by atoms with Gasteiger partial charge in [-0.2, -0.15) is 0 Å². The molecule has 0 aromatic heterocycles. The lowest BCUT2D eigenvalue weighted by molar-refractivity contribution is 0.0909. The molecule has 0 bridgehead atoms. The van der Waals surface area contributed by atoms with E-state index < -0.39 is 0 Å². The van der Waals surface area contributed by atoms with Crippen LogP contribution in [0, 0.1) is 0 Å². The van der Waals surface area contributed by atoms with Crippen LogP contribution < -0.4 is 5.32 Å². The van der Waals surface area contributed by atoms with E-state index >= 15 is 0 Å². The van der Waals surface area contributed by atoms with Gasteiger partial charge < -0.3 is 10.4 Å². The SMILES string of the molecule is CCCCCCCCCN[C@@H]1CCCC[C@H]1O. The highest BCUT2D eigenvalue weighted by molar-refractivity contribution is 4.79. The maximum atomic E-state index is 9.81. The molecule has 2 atom stereocenters. The van der Waals surface area contributed by atoms with Gasteiger partial charge in [0.05, 0.1) is 6.10 Å². The molecule has 0 radical (unpaired) electrons. The largest absolute Gasteiger partial charge is 0.392 e. The summed E-state index contributed by atoms with van der Waals surface area (Å²) in [6.07, 6.45) is 14.1. The molecule has 0 heterocycles. The number of aliphatic hydroxyl groups is 1. The second kappa shape index (κ2) is 9.90. The smallest absolute Gasteiger partial charge is 0.0693 e. The molecule has 2 heteroatoms. The molecule has 0 spiro atoms. The van der Waals surface area contributed by atoms with Gasteiger partial charge in [-0.05, 0) is 25.8 Å². The first-order valence-corrected chi connectivity index (χ1v) is 7.76. The molecule has 1 aliphatic rings. The molecule has 0 aliphatic heterocycles. The Morgan fingerprint density at radius 2 is 1.59 bits per heavy atom. The van der Waals surface area contributed by atoms with E-state index in [0.29, 0.717) is 6.04 Å². The van der Waals surface area contributed by atoms with Crippen molar-refractivity contribution in [1.29, 1.82) is 0 Å². The van der Waals surface area contributed by atoms with Crippen LogP contribution in [-0.2, 0) is 0 Å². The van der Waals surface area contributed by atoms with Crippen LogP contribution in [0.5, 0.6) is 0 Å². The van der Waals surface area contributed by atoms with Crippen LogP contribution in [0.2, 0.25) is 0 Å². The third-order valence-corrected chi connectivity index (χ3v) is 3.92. The number of nitrogens with one attached hydrogen (secondary N) is 1. The van der Waals surface area contributed by atoms with Gasteiger partial charge in [0, 0.05) is 6.04 Å². The molecule has 0 aromatic rings. The van der Waals surface area contributed by atoms with E-state index in [1.807, 2.05) is 0 Å². The first-order chi connectivity index (χ1) is 8.34. The Kier molecular flexibility index (Phi) is 8.72. The lowest BCUT2D eigenvalue weighted by atomic mass is 9.92. The Morgan fingerprint density at radius 3 is 2.29 bits per heavy atom. The van der Waals surface area contributed by atoms with Crippen LogP contribution in [0.1, 0.15) is 77.6 Å². The predicted molar refractivity (Wildman–Crippen MR) is 74.3 cm³/mol. The first kappa shape index (κ1) is 15.0. The van der Waals surface area contributed by atoms with Crippen molar-refractivity contribution >= 4 is 0 Å². The van der Waals surface area contributed by atoms with Crippen LogP contribution in [0.4, 0.5) is 0 Å². The van der Waals surface area contributed by atoms with Gasteiger partial charge in [0.2, 0.25) is 0 Å². The Balaban J connectivity index is 1.86. The molecule has 0 aromatic carbocycles. The summed E-state index contributed by atoms with van der Waals surface area (Å²) in [5.41, 5.74) is 0. The Labute approximate surface area is 107 Å². The van der Waals surface area contributed by atoms with Crippen LogP contribution in [0.15, 0.2) is 0 Å². The first-order valence-electron chi connectivity index (χ1n) is 7.76. The Bertz CT molecular complexity index is 172. The molecule has 1 fully saturated rings. The number of unbranched alkanes of at least 4 members (excludes halogenated alkanes) is 6. The summed E-state index contributed by atoms with van der Waals surface area (Å²) < 4.78 is 0. The number of rotatable bonds is 9. The fourth-order valence-corrected chi connectivity index (χ4v) is 2.72. The summed E-state index contributed by atoms with van der Waals surface area (Å²) in [4.78, 5) is 0. The van der Waals surface area contributed by atoms with Crippen LogP contribution in [0.25, 0.3) is 0 Å². The highest BCUT2D eigenvalue weighted by Crippen LogP contribution is 2.18. The van der Waals surface area contributed by atoms with Crippen molar-refractivity contribution < 1.29 is 5.11 Å². The second-order valence-electron chi connectivity index (χ2n) is 5.53. The maximum absolute atomic E-state index is 9.81. The zero-order valence-electron chi connectivity index (χ0n) is 11.6. The van der Waals surface area contributed by atoms with Crippen LogP contribution in [-0.4, -0.2) is 23.8 Å². The lowest BCUT2D eigenvalue weighted by Crippen LogP contribution is -2.42. The molecule has 0 saturated heterocycles. The zero-order chi connectivity index (χ0) is 12.3. The van der Waals surface area contributed by atoms with Gasteiger partial charge in [-0.1, -0.05) is 58.3 Å². The third kappa shape index (κ3) is 7.05. The van der Waals surface area contributed by atoms with Crippen molar-refractivity contribution in [1.82, 2.24) is 5.32 Å². The molecule has 2 N–H and O–H groups in total. The van der Waals surface area contributed by atoms with E-state index in [1.54, 1.807) is 0 Å². The minimum Gasteiger partial charge on any atom is -0.392 e. The Morgan fingerprint density at radius 1 is 0.941 bits per heavy atom. The van der Waals surface area contributed by atoms with E-state index in [4.69, 9.17) is 0 Å². The topological polar surface area (TPSA) is 32.3 Å². The van der Waals surface area contributed by atoms with E-state index in [0.717, 1.165) is 19.4 Å². The molecule has 1 rings (SSSR count). The zero-order valence-corrected chi connectivity index (χ0v) is 11.6. The van der Waals surface area contributed by atoms with Gasteiger partial charge in [-0.3, -0.25) is 0 Å². The maximum Gasteiger partial charge on any atom is 0.0693 e. The molecule has 1 saturated carbocycles. The van der Waals surface area contributed by atoms with E-state index in [1.165, 1.54) is 57.8 Å². The van der Waals surface area contributed by atoms with E-state index in [2.05, 4.69) is 12.2 Å². The second-order valence-corrected chi connectivity index (χ2v) is 5.53. The fraction of sp³-hybridized carbons (Fsp3) is 1.00. The van der Waals surface area contributed by atoms with E-state index in [9.17, 15) is 5.11 Å². The minimum absolute atomic E-state index is 0.0895. The summed E-state index contributed by atoms with van der Waals surface area (Å²) in [7, 11) is 0. The molecular formula is C15H31NO. The van der Waals surface area contributed by atoms with Crippen molar-refractivity contribution in [2.75, 3.05) is 6.54 Å². The number of hydrogen-bond acceptors (Lipinski definition) is 2. The lowest BCUT2D eigenvalue weighted by Gasteiger charge is -2.28. The summed E-state index contributed by atoms with van der Waals surface area (Å²) in [6.45, 7) is 3.36. The Hall–Kier alpha value is -0.0800. The summed E-state index contributed by atoms with van der Waals surface area (Å²) >= 11 is 0. The molecule has 17 heavy (non-hydrogen) atoms. The highest BCUT2D eigenvalue weighted by atomic mass is 16.3. The van der Waals surface area contributed by atoms with Crippen LogP contribution >= 0.6 is 0 Å². The van der Waals surface area contributed by atoms with Gasteiger partial charge in [0.1, 0.15) is 0 Å². The third-order valence-electron chi connectivity index (χ3n) is 3.92. The van der Waals surface area contributed by atoms with Gasteiger partial charge in [0.15, 0.2) is 0 Å². The normalized spacial score (nSPS) is 25.1. The van der Waals surface area contributed by atoms with Gasteiger partial charge in [0.25, 0.3) is 0 Å². The predicted octanol–water partition coefficient (Wildman–Crippen LogP) is 3.63. The summed E-state index contributed by atoms with van der Waals surface area (Å²) in [6, 6.07) is 0.379. The van der Waals surface area contributed by atoms with Crippen molar-refractivity contribution in [3.8, 4) is 0 Å². The molecular weight excluding hydrogens is 210 g/mol. The van der Waals surface area contributed by atoms with Gasteiger partial charge >= 0.3 is 0 Å². The molecule has 0 unspecified atom stereocenters. The quantitative estimate of drug-likeness (QED) is 0.604. The van der Waals surface area contributed by atoms with Crippen molar-refractivity contribution in [3.63, 3.8) is 0 Å². The molecule has 0 amide bonds. The standard InChI is InChI=1S/C15H31NO/c1-2-3-4-5-6-7-10-13-16-14-11-8-9-12-15(14)17/h14-17H,2-13H2,1H3/t14-,15-/m1/s1. The molecule has 102 valence electrons. The average molecular weight is 241 g/mol. The minimum atomic E-state index is -0.0895. The summed E-state index contributed by atoms with van der Waals surface area (Å²) in [5.74, 6) is 0. The van der Waals surface area contributed by atoms with E-state index in [-0.39, 0.29) is 6.10 Å². The van der Waals surface area contributed by atoms with Crippen molar-refractivity contribution in [2.45, 2.75) is 89.7 Å². The van der Waals surface area contributed by atoms with Gasteiger partial charge in [-0.15, -0.1) is 0 Å². The average Bonchev–Trinajstić information content (AvgIpc) is 2.35. The molecule has 2 nitrogen and oxygen atoms in total.